The van der Waals surface area contributed by atoms with E-state index in [0.717, 1.165) is 49.6 Å². The van der Waals surface area contributed by atoms with Crippen LogP contribution in [-0.4, -0.2) is 50.3 Å². The van der Waals surface area contributed by atoms with Gasteiger partial charge in [0, 0.05) is 34.8 Å². The molecule has 2 saturated carbocycles. The van der Waals surface area contributed by atoms with Crippen LogP contribution in [0.4, 0.5) is 10.5 Å². The fourth-order valence-electron chi connectivity index (χ4n) is 6.03. The average Bonchev–Trinajstić information content (AvgIpc) is 3.58. The Balaban J connectivity index is 1.34. The van der Waals surface area contributed by atoms with Crippen LogP contribution in [-0.2, 0) is 5.41 Å². The van der Waals surface area contributed by atoms with Crippen molar-refractivity contribution in [1.82, 2.24) is 10.2 Å². The van der Waals surface area contributed by atoms with Gasteiger partial charge >= 0.3 is 6.03 Å². The second-order valence-electron chi connectivity index (χ2n) is 10.0. The second kappa shape index (κ2) is 9.67. The van der Waals surface area contributed by atoms with E-state index in [9.17, 15) is 4.79 Å². The van der Waals surface area contributed by atoms with Crippen LogP contribution < -0.4 is 20.1 Å². The van der Waals surface area contributed by atoms with Gasteiger partial charge in [0.15, 0.2) is 11.5 Å². The summed E-state index contributed by atoms with van der Waals surface area (Å²) in [4.78, 5) is 15.4. The maximum Gasteiger partial charge on any atom is 0.319 e. The lowest BCUT2D eigenvalue weighted by atomic mass is 9.65. The largest absolute Gasteiger partial charge is 0.493 e. The van der Waals surface area contributed by atoms with E-state index in [2.05, 4.69) is 27.7 Å². The summed E-state index contributed by atoms with van der Waals surface area (Å²) in [7, 11) is 3.38. The molecule has 1 heterocycles. The third-order valence-corrected chi connectivity index (χ3v) is 8.17. The Kier molecular flexibility index (Phi) is 6.63. The van der Waals surface area contributed by atoms with Gasteiger partial charge in [0.1, 0.15) is 0 Å². The number of anilines is 1. The molecule has 0 aromatic heterocycles. The summed E-state index contributed by atoms with van der Waals surface area (Å²) >= 11 is 6.06. The number of urea groups is 1. The first kappa shape index (κ1) is 23.3. The van der Waals surface area contributed by atoms with Gasteiger partial charge in [-0.05, 0) is 86.9 Å². The monoisotopic (exact) mass is 483 g/mol. The van der Waals surface area contributed by atoms with Crippen molar-refractivity contribution in [1.29, 1.82) is 0 Å². The number of nitrogens with zero attached hydrogens (tertiary/aromatic N) is 1. The maximum absolute atomic E-state index is 12.7. The molecule has 2 aromatic rings. The van der Waals surface area contributed by atoms with Crippen molar-refractivity contribution in [2.45, 2.75) is 56.0 Å². The molecule has 5 rings (SSSR count). The topological polar surface area (TPSA) is 62.8 Å². The van der Waals surface area contributed by atoms with E-state index >= 15 is 0 Å². The van der Waals surface area contributed by atoms with Gasteiger partial charge in [0.2, 0.25) is 0 Å². The SMILES string of the molecule is COc1ccc(C23CCC(NC(=O)Nc4cccc(Cl)c4)CC2N(CC2CC2)CC3)cc1OC. The maximum atomic E-state index is 12.7. The van der Waals surface area contributed by atoms with E-state index in [0.29, 0.717) is 16.8 Å². The van der Waals surface area contributed by atoms with E-state index in [4.69, 9.17) is 21.1 Å². The first-order valence-electron chi connectivity index (χ1n) is 12.3. The number of rotatable bonds is 7. The first-order valence-corrected chi connectivity index (χ1v) is 12.7. The number of likely N-dealkylation sites (tertiary alicyclic amines) is 1. The number of amides is 2. The van der Waals surface area contributed by atoms with Crippen LogP contribution in [0.15, 0.2) is 42.5 Å². The summed E-state index contributed by atoms with van der Waals surface area (Å²) in [5.41, 5.74) is 2.11. The van der Waals surface area contributed by atoms with Crippen molar-refractivity contribution >= 4 is 23.3 Å². The highest BCUT2D eigenvalue weighted by atomic mass is 35.5. The molecular formula is C27H34ClN3O3. The molecule has 6 nitrogen and oxygen atoms in total. The molecule has 2 N–H and O–H groups in total. The molecule has 34 heavy (non-hydrogen) atoms. The Morgan fingerprint density at radius 1 is 1.09 bits per heavy atom. The number of methoxy groups -OCH3 is 2. The molecule has 3 aliphatic rings. The molecule has 0 bridgehead atoms. The summed E-state index contributed by atoms with van der Waals surface area (Å²) in [5, 5.41) is 6.78. The molecule has 2 aromatic carbocycles. The number of hydrogen-bond acceptors (Lipinski definition) is 4. The number of carbonyl (C=O) groups excluding carboxylic acids is 1. The fourth-order valence-corrected chi connectivity index (χ4v) is 6.22. The van der Waals surface area contributed by atoms with Crippen LogP contribution in [0, 0.1) is 5.92 Å². The lowest BCUT2D eigenvalue weighted by molar-refractivity contribution is 0.132. The number of hydrogen-bond donors (Lipinski definition) is 2. The number of carbonyl (C=O) groups is 1. The number of fused-ring (bicyclic) bond motifs is 1. The van der Waals surface area contributed by atoms with E-state index in [1.807, 2.05) is 18.2 Å². The van der Waals surface area contributed by atoms with Crippen LogP contribution >= 0.6 is 11.6 Å². The number of benzene rings is 2. The van der Waals surface area contributed by atoms with Crippen molar-refractivity contribution in [3.05, 3.63) is 53.1 Å². The highest BCUT2D eigenvalue weighted by molar-refractivity contribution is 6.30. The molecule has 3 atom stereocenters. The second-order valence-corrected chi connectivity index (χ2v) is 10.4. The van der Waals surface area contributed by atoms with Crippen LogP contribution in [0.3, 0.4) is 0 Å². The van der Waals surface area contributed by atoms with Crippen molar-refractivity contribution in [3.63, 3.8) is 0 Å². The minimum absolute atomic E-state index is 0.0794. The molecule has 2 amide bonds. The molecule has 7 heteroatoms. The minimum atomic E-state index is -0.169. The van der Waals surface area contributed by atoms with E-state index in [1.165, 1.54) is 24.9 Å². The molecule has 1 aliphatic heterocycles. The normalized spacial score (nSPS) is 26.6. The summed E-state index contributed by atoms with van der Waals surface area (Å²) in [6, 6.07) is 14.0. The predicted octanol–water partition coefficient (Wildman–Crippen LogP) is 5.45. The first-order chi connectivity index (χ1) is 16.5. The Morgan fingerprint density at radius 3 is 2.65 bits per heavy atom. The zero-order valence-corrected chi connectivity index (χ0v) is 20.7. The Bertz CT molecular complexity index is 1040. The number of nitrogens with one attached hydrogen (secondary N) is 2. The van der Waals surface area contributed by atoms with Gasteiger partial charge in [-0.15, -0.1) is 0 Å². The van der Waals surface area contributed by atoms with Crippen molar-refractivity contribution in [2.75, 3.05) is 32.6 Å². The average molecular weight is 484 g/mol. The molecule has 3 unspecified atom stereocenters. The van der Waals surface area contributed by atoms with Gasteiger partial charge in [-0.25, -0.2) is 4.79 Å². The van der Waals surface area contributed by atoms with E-state index in [1.54, 1.807) is 26.4 Å². The van der Waals surface area contributed by atoms with Gasteiger partial charge in [-0.3, -0.25) is 4.90 Å². The van der Waals surface area contributed by atoms with E-state index in [-0.39, 0.29) is 17.5 Å². The molecule has 2 aliphatic carbocycles. The van der Waals surface area contributed by atoms with E-state index < -0.39 is 0 Å². The van der Waals surface area contributed by atoms with Gasteiger partial charge in [-0.1, -0.05) is 23.7 Å². The third-order valence-electron chi connectivity index (χ3n) is 7.94. The smallest absolute Gasteiger partial charge is 0.319 e. The van der Waals surface area contributed by atoms with Gasteiger partial charge in [0.25, 0.3) is 0 Å². The van der Waals surface area contributed by atoms with Crippen LogP contribution in [0.5, 0.6) is 11.5 Å². The quantitative estimate of drug-likeness (QED) is 0.549. The van der Waals surface area contributed by atoms with Gasteiger partial charge < -0.3 is 20.1 Å². The molecule has 1 saturated heterocycles. The van der Waals surface area contributed by atoms with Crippen molar-refractivity contribution in [3.8, 4) is 11.5 Å². The molecular weight excluding hydrogens is 450 g/mol. The van der Waals surface area contributed by atoms with Gasteiger partial charge in [-0.2, -0.15) is 0 Å². The Hall–Kier alpha value is -2.44. The highest BCUT2D eigenvalue weighted by Crippen LogP contribution is 2.51. The Labute approximate surface area is 206 Å². The third kappa shape index (κ3) is 4.71. The zero-order valence-electron chi connectivity index (χ0n) is 20.0. The molecule has 0 radical (unpaired) electrons. The van der Waals surface area contributed by atoms with Crippen LogP contribution in [0.2, 0.25) is 5.02 Å². The fraction of sp³-hybridized carbons (Fsp3) is 0.519. The summed E-state index contributed by atoms with van der Waals surface area (Å²) in [6.07, 6.45) is 6.76. The lowest BCUT2D eigenvalue weighted by Crippen LogP contribution is -2.53. The summed E-state index contributed by atoms with van der Waals surface area (Å²) < 4.78 is 11.1. The van der Waals surface area contributed by atoms with Crippen molar-refractivity contribution in [2.24, 2.45) is 5.92 Å². The lowest BCUT2D eigenvalue weighted by Gasteiger charge is -2.45. The predicted molar refractivity (Wildman–Crippen MR) is 135 cm³/mol. The van der Waals surface area contributed by atoms with Gasteiger partial charge in [0.05, 0.1) is 14.2 Å². The molecule has 3 fully saturated rings. The summed E-state index contributed by atoms with van der Waals surface area (Å²) in [5.74, 6) is 2.38. The highest BCUT2D eigenvalue weighted by Gasteiger charge is 2.52. The van der Waals surface area contributed by atoms with Crippen LogP contribution in [0.25, 0.3) is 0 Å². The summed E-state index contributed by atoms with van der Waals surface area (Å²) in [6.45, 7) is 2.28. The standard InChI is InChI=1S/C27H34ClN3O3/c1-33-23-9-8-19(14-24(23)34-2)27-11-10-22(16-25(27)31(13-12-27)17-18-6-7-18)30-26(32)29-21-5-3-4-20(28)15-21/h3-5,8-9,14-15,18,22,25H,6-7,10-13,16-17H2,1-2H3,(H2,29,30,32). The minimum Gasteiger partial charge on any atom is -0.493 e. The Morgan fingerprint density at radius 2 is 1.91 bits per heavy atom. The molecule has 0 spiro atoms. The zero-order chi connectivity index (χ0) is 23.7. The van der Waals surface area contributed by atoms with Crippen molar-refractivity contribution < 1.29 is 14.3 Å². The number of halogens is 1. The number of ether oxygens (including phenoxy) is 2. The molecule has 182 valence electrons. The van der Waals surface area contributed by atoms with Crippen LogP contribution in [0.1, 0.15) is 44.1 Å².